The number of sulfonamides is 1. The third kappa shape index (κ3) is 4.17. The smallest absolute Gasteiger partial charge is 0.214 e. The Morgan fingerprint density at radius 2 is 1.83 bits per heavy atom. The van der Waals surface area contributed by atoms with E-state index in [0.717, 1.165) is 25.3 Å². The van der Waals surface area contributed by atoms with Crippen LogP contribution in [0.15, 0.2) is 0 Å². The third-order valence-electron chi connectivity index (χ3n) is 3.78. The predicted molar refractivity (Wildman–Crippen MR) is 69.7 cm³/mol. The maximum absolute atomic E-state index is 12.0. The molecule has 2 aliphatic rings. The molecule has 0 unspecified atom stereocenters. The zero-order valence-electron chi connectivity index (χ0n) is 10.8. The van der Waals surface area contributed by atoms with Gasteiger partial charge in [0.2, 0.25) is 10.0 Å². The zero-order valence-corrected chi connectivity index (χ0v) is 11.6. The quantitative estimate of drug-likeness (QED) is 0.760. The highest BCUT2D eigenvalue weighted by Gasteiger charge is 2.28. The minimum absolute atomic E-state index is 0.0519. The molecule has 4 nitrogen and oxygen atoms in total. The van der Waals surface area contributed by atoms with Gasteiger partial charge in [0, 0.05) is 19.1 Å². The van der Waals surface area contributed by atoms with Crippen LogP contribution in [-0.2, 0) is 10.0 Å². The monoisotopic (exact) mass is 278 g/mol. The van der Waals surface area contributed by atoms with E-state index in [1.807, 2.05) is 0 Å². The molecule has 1 saturated heterocycles. The second-order valence-electron chi connectivity index (χ2n) is 5.38. The molecule has 1 aliphatic carbocycles. The molecule has 2 fully saturated rings. The van der Waals surface area contributed by atoms with Crippen molar-refractivity contribution in [3.63, 3.8) is 0 Å². The summed E-state index contributed by atoms with van der Waals surface area (Å²) in [7, 11) is -3.22. The molecule has 0 atom stereocenters. The van der Waals surface area contributed by atoms with Gasteiger partial charge in [-0.2, -0.15) is 0 Å². The van der Waals surface area contributed by atoms with Gasteiger partial charge in [-0.25, -0.2) is 12.7 Å². The van der Waals surface area contributed by atoms with E-state index >= 15 is 0 Å². The van der Waals surface area contributed by atoms with Crippen molar-refractivity contribution in [1.29, 1.82) is 0 Å². The molecular weight excluding hydrogens is 255 g/mol. The number of piperidine rings is 1. The molecule has 0 bridgehead atoms. The van der Waals surface area contributed by atoms with Gasteiger partial charge in [0.1, 0.15) is 0 Å². The Morgan fingerprint density at radius 1 is 1.17 bits per heavy atom. The lowest BCUT2D eigenvalue weighted by Gasteiger charge is -2.31. The average Bonchev–Trinajstić information content (AvgIpc) is 3.18. The van der Waals surface area contributed by atoms with Crippen LogP contribution in [0.25, 0.3) is 0 Å². The van der Waals surface area contributed by atoms with Crippen LogP contribution in [-0.4, -0.2) is 50.8 Å². The van der Waals surface area contributed by atoms with Crippen molar-refractivity contribution in [1.82, 2.24) is 9.62 Å². The maximum Gasteiger partial charge on any atom is 0.214 e. The predicted octanol–water partition coefficient (Wildman–Crippen LogP) is 1.14. The fraction of sp³-hybridized carbons (Fsp3) is 1.00. The van der Waals surface area contributed by atoms with Gasteiger partial charge in [-0.15, -0.1) is 0 Å². The highest BCUT2D eigenvalue weighted by Crippen LogP contribution is 2.28. The van der Waals surface area contributed by atoms with Gasteiger partial charge >= 0.3 is 0 Å². The maximum atomic E-state index is 12.0. The fourth-order valence-electron chi connectivity index (χ4n) is 2.36. The van der Waals surface area contributed by atoms with Gasteiger partial charge in [0.25, 0.3) is 0 Å². The van der Waals surface area contributed by atoms with E-state index in [2.05, 4.69) is 5.32 Å². The molecule has 2 rings (SSSR count). The van der Waals surface area contributed by atoms with Crippen LogP contribution in [0, 0.1) is 5.92 Å². The van der Waals surface area contributed by atoms with Crippen LogP contribution >= 0.6 is 0 Å². The van der Waals surface area contributed by atoms with E-state index in [1.165, 1.54) is 17.1 Å². The first-order valence-electron chi connectivity index (χ1n) is 6.89. The van der Waals surface area contributed by atoms with Gasteiger partial charge in [0.15, 0.2) is 0 Å². The highest BCUT2D eigenvalue weighted by atomic mass is 32.2. The van der Waals surface area contributed by atoms with Crippen LogP contribution in [0.4, 0.5) is 4.39 Å². The SMILES string of the molecule is O=S(=O)(CCCF)N1CCC(NCC2CC2)CC1. The van der Waals surface area contributed by atoms with Gasteiger partial charge in [0.05, 0.1) is 12.4 Å². The molecule has 0 aromatic rings. The largest absolute Gasteiger partial charge is 0.314 e. The Balaban J connectivity index is 1.71. The second-order valence-corrected chi connectivity index (χ2v) is 7.47. The Morgan fingerprint density at radius 3 is 2.39 bits per heavy atom. The summed E-state index contributed by atoms with van der Waals surface area (Å²) in [5.74, 6) is 0.806. The third-order valence-corrected chi connectivity index (χ3v) is 5.73. The summed E-state index contributed by atoms with van der Waals surface area (Å²) < 4.78 is 37.3. The van der Waals surface area contributed by atoms with E-state index in [4.69, 9.17) is 0 Å². The first-order valence-corrected chi connectivity index (χ1v) is 8.50. The van der Waals surface area contributed by atoms with Crippen molar-refractivity contribution in [2.24, 2.45) is 5.92 Å². The van der Waals surface area contributed by atoms with E-state index in [-0.39, 0.29) is 12.2 Å². The molecule has 0 radical (unpaired) electrons. The number of alkyl halides is 1. The molecule has 1 saturated carbocycles. The minimum Gasteiger partial charge on any atom is -0.314 e. The van der Waals surface area contributed by atoms with E-state index in [0.29, 0.717) is 19.1 Å². The van der Waals surface area contributed by atoms with Crippen LogP contribution in [0.3, 0.4) is 0 Å². The minimum atomic E-state index is -3.22. The second kappa shape index (κ2) is 6.30. The van der Waals surface area contributed by atoms with Crippen molar-refractivity contribution in [2.45, 2.75) is 38.1 Å². The van der Waals surface area contributed by atoms with Gasteiger partial charge < -0.3 is 5.32 Å². The number of nitrogens with zero attached hydrogens (tertiary/aromatic N) is 1. The Hall–Kier alpha value is -0.200. The lowest BCUT2D eigenvalue weighted by atomic mass is 10.1. The van der Waals surface area contributed by atoms with Crippen molar-refractivity contribution < 1.29 is 12.8 Å². The molecule has 1 N–H and O–H groups in total. The van der Waals surface area contributed by atoms with Crippen molar-refractivity contribution in [3.05, 3.63) is 0 Å². The normalized spacial score (nSPS) is 23.4. The van der Waals surface area contributed by atoms with Gasteiger partial charge in [-0.1, -0.05) is 0 Å². The lowest BCUT2D eigenvalue weighted by Crippen LogP contribution is -2.46. The first kappa shape index (κ1) is 14.2. The van der Waals surface area contributed by atoms with E-state index in [1.54, 1.807) is 0 Å². The Labute approximate surface area is 109 Å². The summed E-state index contributed by atoms with van der Waals surface area (Å²) >= 11 is 0. The summed E-state index contributed by atoms with van der Waals surface area (Å²) in [6, 6.07) is 0.457. The number of rotatable bonds is 7. The van der Waals surface area contributed by atoms with Crippen LogP contribution in [0.2, 0.25) is 0 Å². The number of hydrogen-bond acceptors (Lipinski definition) is 3. The highest BCUT2D eigenvalue weighted by molar-refractivity contribution is 7.89. The standard InChI is InChI=1S/C12H23FN2O2S/c13-6-1-9-18(16,17)15-7-4-12(5-8-15)14-10-11-2-3-11/h11-12,14H,1-10H2. The van der Waals surface area contributed by atoms with Crippen molar-refractivity contribution >= 4 is 10.0 Å². The molecule has 0 spiro atoms. The molecule has 0 aromatic carbocycles. The molecule has 0 aromatic heterocycles. The Kier molecular flexibility index (Phi) is 4.98. The molecule has 106 valence electrons. The molecule has 0 amide bonds. The van der Waals surface area contributed by atoms with Crippen LogP contribution in [0.5, 0.6) is 0 Å². The summed E-state index contributed by atoms with van der Waals surface area (Å²) in [6.07, 6.45) is 4.54. The number of hydrogen-bond donors (Lipinski definition) is 1. The first-order chi connectivity index (χ1) is 8.62. The zero-order chi connectivity index (χ0) is 13.0. The number of nitrogens with one attached hydrogen (secondary N) is 1. The lowest BCUT2D eigenvalue weighted by molar-refractivity contribution is 0.287. The van der Waals surface area contributed by atoms with E-state index in [9.17, 15) is 12.8 Å². The van der Waals surface area contributed by atoms with Gasteiger partial charge in [-0.3, -0.25) is 4.39 Å². The Bertz CT molecular complexity index is 349. The van der Waals surface area contributed by atoms with Crippen LogP contribution < -0.4 is 5.32 Å². The van der Waals surface area contributed by atoms with Crippen molar-refractivity contribution in [2.75, 3.05) is 32.1 Å². The topological polar surface area (TPSA) is 49.4 Å². The summed E-state index contributed by atoms with van der Waals surface area (Å²) in [5.41, 5.74) is 0. The summed E-state index contributed by atoms with van der Waals surface area (Å²) in [4.78, 5) is 0. The molecular formula is C12H23FN2O2S. The van der Waals surface area contributed by atoms with E-state index < -0.39 is 16.7 Å². The van der Waals surface area contributed by atoms with Crippen LogP contribution in [0.1, 0.15) is 32.1 Å². The van der Waals surface area contributed by atoms with Gasteiger partial charge in [-0.05, 0) is 44.6 Å². The molecule has 18 heavy (non-hydrogen) atoms. The fourth-order valence-corrected chi connectivity index (χ4v) is 3.86. The molecule has 1 heterocycles. The average molecular weight is 278 g/mol. The number of halogens is 1. The molecule has 1 aliphatic heterocycles. The summed E-state index contributed by atoms with van der Waals surface area (Å²) in [6.45, 7) is 1.69. The molecule has 6 heteroatoms. The summed E-state index contributed by atoms with van der Waals surface area (Å²) in [5, 5.41) is 3.52. The van der Waals surface area contributed by atoms with Crippen molar-refractivity contribution in [3.8, 4) is 0 Å².